The molecule has 0 aliphatic heterocycles. The number of anilines is 1. The number of amides is 1. The second-order valence-electron chi connectivity index (χ2n) is 4.80. The van der Waals surface area contributed by atoms with Crippen LogP contribution in [0.1, 0.15) is 0 Å². The average Bonchev–Trinajstić information content (AvgIpc) is 3.18. The van der Waals surface area contributed by atoms with E-state index in [1.54, 1.807) is 41.2 Å². The zero-order chi connectivity index (χ0) is 17.1. The normalized spacial score (nSPS) is 10.8. The summed E-state index contributed by atoms with van der Waals surface area (Å²) in [6.45, 7) is 0. The van der Waals surface area contributed by atoms with Gasteiger partial charge in [0.05, 0.1) is 22.7 Å². The largest absolute Gasteiger partial charge is 0.461 e. The number of rotatable bonds is 5. The molecule has 1 aromatic carbocycles. The summed E-state index contributed by atoms with van der Waals surface area (Å²) in [5, 5.41) is 12.4. The number of benzene rings is 1. The Morgan fingerprint density at radius 3 is 2.92 bits per heavy atom. The quantitative estimate of drug-likeness (QED) is 0.672. The lowest BCUT2D eigenvalue weighted by Gasteiger charge is -2.07. The Morgan fingerprint density at radius 1 is 1.33 bits per heavy atom. The maximum atomic E-state index is 12.1. The topological polar surface area (TPSA) is 73.0 Å². The van der Waals surface area contributed by atoms with Crippen LogP contribution in [0.15, 0.2) is 46.2 Å². The highest BCUT2D eigenvalue weighted by molar-refractivity contribution is 7.99. The van der Waals surface area contributed by atoms with Crippen LogP contribution in [-0.2, 0) is 11.8 Å². The molecule has 0 spiro atoms. The van der Waals surface area contributed by atoms with E-state index in [1.807, 2.05) is 7.05 Å². The van der Waals surface area contributed by atoms with Crippen molar-refractivity contribution in [2.45, 2.75) is 5.16 Å². The lowest BCUT2D eigenvalue weighted by Crippen LogP contribution is -2.14. The summed E-state index contributed by atoms with van der Waals surface area (Å²) in [7, 11) is 1.81. The smallest absolute Gasteiger partial charge is 0.234 e. The van der Waals surface area contributed by atoms with Crippen LogP contribution in [0.4, 0.5) is 5.69 Å². The highest BCUT2D eigenvalue weighted by atomic mass is 35.5. The third-order valence-electron chi connectivity index (χ3n) is 3.11. The van der Waals surface area contributed by atoms with Gasteiger partial charge in [0.1, 0.15) is 0 Å². The average molecular weight is 383 g/mol. The molecule has 0 radical (unpaired) electrons. The molecule has 0 saturated carbocycles. The number of halogens is 2. The Morgan fingerprint density at radius 2 is 2.17 bits per heavy atom. The molecular formula is C15H12Cl2N4O2S. The number of carbonyl (C=O) groups excluding carboxylic acids is 1. The van der Waals surface area contributed by atoms with Crippen molar-refractivity contribution in [1.82, 2.24) is 14.8 Å². The summed E-state index contributed by atoms with van der Waals surface area (Å²) >= 11 is 13.2. The summed E-state index contributed by atoms with van der Waals surface area (Å²) < 4.78 is 7.07. The van der Waals surface area contributed by atoms with Gasteiger partial charge >= 0.3 is 0 Å². The Balaban J connectivity index is 1.64. The maximum absolute atomic E-state index is 12.1. The van der Waals surface area contributed by atoms with Gasteiger partial charge < -0.3 is 14.3 Å². The van der Waals surface area contributed by atoms with Crippen molar-refractivity contribution in [1.29, 1.82) is 0 Å². The first-order valence-corrected chi connectivity index (χ1v) is 8.59. The molecule has 0 bridgehead atoms. The molecule has 0 aliphatic carbocycles. The number of hydrogen-bond acceptors (Lipinski definition) is 5. The van der Waals surface area contributed by atoms with Gasteiger partial charge in [-0.3, -0.25) is 4.79 Å². The van der Waals surface area contributed by atoms with Crippen molar-refractivity contribution in [2.24, 2.45) is 7.05 Å². The van der Waals surface area contributed by atoms with E-state index in [1.165, 1.54) is 11.8 Å². The first-order valence-electron chi connectivity index (χ1n) is 6.85. The molecule has 1 amide bonds. The summed E-state index contributed by atoms with van der Waals surface area (Å²) in [6, 6.07) is 8.46. The first kappa shape index (κ1) is 16.9. The summed E-state index contributed by atoms with van der Waals surface area (Å²) in [5.41, 5.74) is 0.476. The van der Waals surface area contributed by atoms with E-state index >= 15 is 0 Å². The van der Waals surface area contributed by atoms with E-state index < -0.39 is 0 Å². The Hall–Kier alpha value is -1.96. The number of carbonyl (C=O) groups is 1. The molecule has 0 atom stereocenters. The minimum atomic E-state index is -0.216. The van der Waals surface area contributed by atoms with Gasteiger partial charge in [-0.05, 0) is 30.3 Å². The molecule has 0 saturated heterocycles. The zero-order valence-electron chi connectivity index (χ0n) is 12.5. The molecule has 2 aromatic heterocycles. The third-order valence-corrected chi connectivity index (χ3v) is 4.70. The van der Waals surface area contributed by atoms with E-state index in [4.69, 9.17) is 27.6 Å². The highest BCUT2D eigenvalue weighted by Crippen LogP contribution is 2.26. The molecule has 3 aromatic rings. The molecule has 124 valence electrons. The van der Waals surface area contributed by atoms with Crippen LogP contribution in [0.5, 0.6) is 0 Å². The van der Waals surface area contributed by atoms with Crippen LogP contribution in [-0.4, -0.2) is 26.4 Å². The van der Waals surface area contributed by atoms with Crippen molar-refractivity contribution >= 4 is 46.6 Å². The molecule has 3 rings (SSSR count). The Labute approximate surface area is 152 Å². The van der Waals surface area contributed by atoms with Crippen molar-refractivity contribution in [3.8, 4) is 11.6 Å². The monoisotopic (exact) mass is 382 g/mol. The van der Waals surface area contributed by atoms with E-state index in [0.29, 0.717) is 32.5 Å². The standard InChI is InChI=1S/C15H12Cl2N4O2S/c1-21-14(12-3-2-6-23-12)19-20-15(21)24-8-13(22)18-11-7-9(16)4-5-10(11)17/h2-7H,8H2,1H3,(H,18,22). The number of nitrogens with zero attached hydrogens (tertiary/aromatic N) is 3. The minimum Gasteiger partial charge on any atom is -0.461 e. The predicted octanol–water partition coefficient (Wildman–Crippen LogP) is 4.11. The van der Waals surface area contributed by atoms with Crippen LogP contribution < -0.4 is 5.32 Å². The molecule has 0 aliphatic rings. The highest BCUT2D eigenvalue weighted by Gasteiger charge is 2.15. The molecule has 9 heteroatoms. The van der Waals surface area contributed by atoms with Crippen molar-refractivity contribution in [3.63, 3.8) is 0 Å². The van der Waals surface area contributed by atoms with Crippen LogP contribution in [0.2, 0.25) is 10.0 Å². The van der Waals surface area contributed by atoms with Crippen molar-refractivity contribution in [2.75, 3.05) is 11.1 Å². The summed E-state index contributed by atoms with van der Waals surface area (Å²) in [4.78, 5) is 12.1. The SMILES string of the molecule is Cn1c(SCC(=O)Nc2cc(Cl)ccc2Cl)nnc1-c1ccco1. The van der Waals surface area contributed by atoms with E-state index in [9.17, 15) is 4.79 Å². The van der Waals surface area contributed by atoms with Crippen LogP contribution in [0.25, 0.3) is 11.6 Å². The predicted molar refractivity (Wildman–Crippen MR) is 94.5 cm³/mol. The molecule has 2 heterocycles. The zero-order valence-corrected chi connectivity index (χ0v) is 14.8. The fraction of sp³-hybridized carbons (Fsp3) is 0.133. The maximum Gasteiger partial charge on any atom is 0.234 e. The van der Waals surface area contributed by atoms with Gasteiger partial charge in [0.2, 0.25) is 5.91 Å². The lowest BCUT2D eigenvalue weighted by molar-refractivity contribution is -0.113. The van der Waals surface area contributed by atoms with Gasteiger partial charge in [0.15, 0.2) is 16.7 Å². The van der Waals surface area contributed by atoms with Gasteiger partial charge in [0, 0.05) is 12.1 Å². The molecular weight excluding hydrogens is 371 g/mol. The van der Waals surface area contributed by atoms with E-state index in [2.05, 4.69) is 15.5 Å². The Kier molecular flexibility index (Phi) is 5.13. The number of thioether (sulfide) groups is 1. The second-order valence-corrected chi connectivity index (χ2v) is 6.59. The molecule has 6 nitrogen and oxygen atoms in total. The molecule has 0 fully saturated rings. The third kappa shape index (κ3) is 3.75. The van der Waals surface area contributed by atoms with Gasteiger partial charge in [-0.15, -0.1) is 10.2 Å². The van der Waals surface area contributed by atoms with Gasteiger partial charge in [-0.25, -0.2) is 0 Å². The number of furan rings is 1. The molecule has 24 heavy (non-hydrogen) atoms. The van der Waals surface area contributed by atoms with Gasteiger partial charge in [-0.2, -0.15) is 0 Å². The Bertz CT molecular complexity index is 864. The summed E-state index contributed by atoms with van der Waals surface area (Å²) in [6.07, 6.45) is 1.57. The first-order chi connectivity index (χ1) is 11.5. The van der Waals surface area contributed by atoms with Crippen molar-refractivity contribution < 1.29 is 9.21 Å². The van der Waals surface area contributed by atoms with Crippen molar-refractivity contribution in [3.05, 3.63) is 46.6 Å². The molecule has 1 N–H and O–H groups in total. The van der Waals surface area contributed by atoms with Gasteiger partial charge in [-0.1, -0.05) is 35.0 Å². The van der Waals surface area contributed by atoms with Crippen LogP contribution >= 0.6 is 35.0 Å². The second kappa shape index (κ2) is 7.29. The molecule has 0 unspecified atom stereocenters. The fourth-order valence-corrected chi connectivity index (χ4v) is 3.02. The number of hydrogen-bond donors (Lipinski definition) is 1. The van der Waals surface area contributed by atoms with Gasteiger partial charge in [0.25, 0.3) is 0 Å². The van der Waals surface area contributed by atoms with E-state index in [0.717, 1.165) is 0 Å². The number of nitrogens with one attached hydrogen (secondary N) is 1. The fourth-order valence-electron chi connectivity index (χ4n) is 1.97. The van der Waals surface area contributed by atoms with E-state index in [-0.39, 0.29) is 11.7 Å². The number of aromatic nitrogens is 3. The van der Waals surface area contributed by atoms with Crippen LogP contribution in [0, 0.1) is 0 Å². The minimum absolute atomic E-state index is 0.160. The lowest BCUT2D eigenvalue weighted by atomic mass is 10.3. The van der Waals surface area contributed by atoms with Crippen LogP contribution in [0.3, 0.4) is 0 Å². The summed E-state index contributed by atoms with van der Waals surface area (Å²) in [5.74, 6) is 1.16.